The molecule has 3 amide bonds. The SMILES string of the molecule is CCCNC(=O)[C@H](C)N(Cc1ccccc1C)C(=O)CCCN1C(=O)c2cccc3cccc1c23. The Balaban J connectivity index is 1.46. The van der Waals surface area contributed by atoms with E-state index in [1.54, 1.807) is 16.7 Å². The van der Waals surface area contributed by atoms with Crippen LogP contribution in [0.2, 0.25) is 0 Å². The van der Waals surface area contributed by atoms with Crippen molar-refractivity contribution in [3.05, 3.63) is 77.4 Å². The second kappa shape index (κ2) is 10.7. The van der Waals surface area contributed by atoms with Crippen molar-refractivity contribution < 1.29 is 14.4 Å². The van der Waals surface area contributed by atoms with Crippen molar-refractivity contribution in [3.8, 4) is 0 Å². The van der Waals surface area contributed by atoms with E-state index >= 15 is 0 Å². The van der Waals surface area contributed by atoms with Crippen molar-refractivity contribution in [1.82, 2.24) is 10.2 Å². The maximum atomic E-state index is 13.4. The third-order valence-electron chi connectivity index (χ3n) is 6.74. The van der Waals surface area contributed by atoms with Crippen LogP contribution >= 0.6 is 0 Å². The Morgan fingerprint density at radius 2 is 1.77 bits per heavy atom. The summed E-state index contributed by atoms with van der Waals surface area (Å²) in [5, 5.41) is 4.94. The molecule has 1 aliphatic rings. The number of nitrogens with one attached hydrogen (secondary N) is 1. The monoisotopic (exact) mass is 471 g/mol. The summed E-state index contributed by atoms with van der Waals surface area (Å²) in [5.74, 6) is -0.256. The highest BCUT2D eigenvalue weighted by Gasteiger charge is 2.30. The minimum Gasteiger partial charge on any atom is -0.354 e. The predicted octanol–water partition coefficient (Wildman–Crippen LogP) is 4.83. The number of aryl methyl sites for hydroxylation is 1. The van der Waals surface area contributed by atoms with E-state index in [0.29, 0.717) is 31.6 Å². The van der Waals surface area contributed by atoms with Crippen molar-refractivity contribution >= 4 is 34.2 Å². The van der Waals surface area contributed by atoms with Crippen molar-refractivity contribution in [2.45, 2.75) is 52.6 Å². The van der Waals surface area contributed by atoms with Crippen LogP contribution < -0.4 is 10.2 Å². The number of anilines is 1. The van der Waals surface area contributed by atoms with Gasteiger partial charge in [-0.1, -0.05) is 55.5 Å². The van der Waals surface area contributed by atoms with Crippen molar-refractivity contribution in [1.29, 1.82) is 0 Å². The van der Waals surface area contributed by atoms with Gasteiger partial charge in [-0.15, -0.1) is 0 Å². The maximum absolute atomic E-state index is 13.4. The van der Waals surface area contributed by atoms with Crippen LogP contribution in [0.5, 0.6) is 0 Å². The number of hydrogen-bond donors (Lipinski definition) is 1. The smallest absolute Gasteiger partial charge is 0.258 e. The van der Waals surface area contributed by atoms with Crippen LogP contribution in [-0.2, 0) is 16.1 Å². The van der Waals surface area contributed by atoms with E-state index < -0.39 is 6.04 Å². The lowest BCUT2D eigenvalue weighted by atomic mass is 10.1. The molecule has 0 saturated carbocycles. The minimum atomic E-state index is -0.583. The van der Waals surface area contributed by atoms with Crippen LogP contribution in [0.4, 0.5) is 5.69 Å². The van der Waals surface area contributed by atoms with E-state index in [2.05, 4.69) is 5.32 Å². The second-order valence-electron chi connectivity index (χ2n) is 9.16. The van der Waals surface area contributed by atoms with E-state index in [9.17, 15) is 14.4 Å². The quantitative estimate of drug-likeness (QED) is 0.460. The highest BCUT2D eigenvalue weighted by molar-refractivity contribution is 6.25. The van der Waals surface area contributed by atoms with E-state index in [-0.39, 0.29) is 24.1 Å². The first-order chi connectivity index (χ1) is 16.9. The first-order valence-corrected chi connectivity index (χ1v) is 12.4. The van der Waals surface area contributed by atoms with Crippen LogP contribution in [0.25, 0.3) is 10.8 Å². The normalized spacial score (nSPS) is 13.2. The number of hydrogen-bond acceptors (Lipinski definition) is 3. The Bertz CT molecular complexity index is 1250. The van der Waals surface area contributed by atoms with Gasteiger partial charge in [0, 0.05) is 37.0 Å². The summed E-state index contributed by atoms with van der Waals surface area (Å²) < 4.78 is 0. The Morgan fingerprint density at radius 3 is 2.51 bits per heavy atom. The Hall–Kier alpha value is -3.67. The summed E-state index contributed by atoms with van der Waals surface area (Å²) in [5.41, 5.74) is 3.72. The molecule has 35 heavy (non-hydrogen) atoms. The predicted molar refractivity (Wildman–Crippen MR) is 139 cm³/mol. The average Bonchev–Trinajstić information content (AvgIpc) is 3.14. The fourth-order valence-electron chi connectivity index (χ4n) is 4.68. The Labute approximate surface area is 206 Å². The average molecular weight is 472 g/mol. The molecule has 3 aromatic carbocycles. The summed E-state index contributed by atoms with van der Waals surface area (Å²) >= 11 is 0. The molecule has 0 fully saturated rings. The molecule has 1 atom stereocenters. The topological polar surface area (TPSA) is 69.7 Å². The summed E-state index contributed by atoms with van der Waals surface area (Å²) in [4.78, 5) is 42.6. The molecule has 0 spiro atoms. The molecule has 4 rings (SSSR count). The molecule has 1 heterocycles. The number of benzene rings is 3. The van der Waals surface area contributed by atoms with Gasteiger partial charge >= 0.3 is 0 Å². The molecule has 0 saturated heterocycles. The molecule has 0 unspecified atom stereocenters. The van der Waals surface area contributed by atoms with Gasteiger partial charge in [0.2, 0.25) is 11.8 Å². The first-order valence-electron chi connectivity index (χ1n) is 12.4. The molecule has 0 aromatic heterocycles. The van der Waals surface area contributed by atoms with Crippen LogP contribution in [-0.4, -0.2) is 41.8 Å². The largest absolute Gasteiger partial charge is 0.354 e. The van der Waals surface area contributed by atoms with Crippen LogP contribution in [0.15, 0.2) is 60.7 Å². The lowest BCUT2D eigenvalue weighted by Gasteiger charge is -2.29. The van der Waals surface area contributed by atoms with Crippen LogP contribution in [0, 0.1) is 6.92 Å². The zero-order valence-electron chi connectivity index (χ0n) is 20.7. The van der Waals surface area contributed by atoms with Gasteiger partial charge in [-0.05, 0) is 55.3 Å². The van der Waals surface area contributed by atoms with Gasteiger partial charge in [0.15, 0.2) is 0 Å². The zero-order chi connectivity index (χ0) is 24.9. The van der Waals surface area contributed by atoms with Gasteiger partial charge in [0.25, 0.3) is 5.91 Å². The number of carbonyl (C=O) groups is 3. The minimum absolute atomic E-state index is 0.0201. The summed E-state index contributed by atoms with van der Waals surface area (Å²) in [6, 6.07) is 19.0. The van der Waals surface area contributed by atoms with Gasteiger partial charge in [-0.25, -0.2) is 0 Å². The van der Waals surface area contributed by atoms with Crippen molar-refractivity contribution in [3.63, 3.8) is 0 Å². The van der Waals surface area contributed by atoms with Crippen molar-refractivity contribution in [2.75, 3.05) is 18.0 Å². The van der Waals surface area contributed by atoms with E-state index in [4.69, 9.17) is 0 Å². The number of amides is 3. The molecule has 0 radical (unpaired) electrons. The lowest BCUT2D eigenvalue weighted by molar-refractivity contribution is -0.140. The molecule has 0 bridgehead atoms. The van der Waals surface area contributed by atoms with E-state index in [1.165, 1.54) is 0 Å². The fraction of sp³-hybridized carbons (Fsp3) is 0.345. The van der Waals surface area contributed by atoms with Crippen LogP contribution in [0.1, 0.15) is 54.6 Å². The second-order valence-corrected chi connectivity index (χ2v) is 9.16. The highest BCUT2D eigenvalue weighted by atomic mass is 16.2. The van der Waals surface area contributed by atoms with E-state index in [0.717, 1.165) is 34.0 Å². The Kier molecular flexibility index (Phi) is 7.49. The van der Waals surface area contributed by atoms with Gasteiger partial charge in [0.1, 0.15) is 6.04 Å². The lowest BCUT2D eigenvalue weighted by Crippen LogP contribution is -2.48. The zero-order valence-corrected chi connectivity index (χ0v) is 20.7. The molecule has 1 aliphatic heterocycles. The molecule has 6 heteroatoms. The van der Waals surface area contributed by atoms with Gasteiger partial charge in [-0.2, -0.15) is 0 Å². The summed E-state index contributed by atoms with van der Waals surface area (Å²) in [6.07, 6.45) is 1.61. The number of nitrogens with zero attached hydrogens (tertiary/aromatic N) is 2. The third-order valence-corrected chi connectivity index (χ3v) is 6.74. The standard InChI is InChI=1S/C29H33N3O3/c1-4-17-30-28(34)21(3)32(19-23-11-6-5-10-20(23)2)26(33)16-9-18-31-25-15-8-13-22-12-7-14-24(27(22)25)29(31)35/h5-8,10-15,21H,4,9,16-19H2,1-3H3,(H,30,34)/t21-/m0/s1. The number of rotatable bonds is 10. The Morgan fingerprint density at radius 1 is 1.03 bits per heavy atom. The highest BCUT2D eigenvalue weighted by Crippen LogP contribution is 2.37. The third kappa shape index (κ3) is 5.06. The van der Waals surface area contributed by atoms with Crippen LogP contribution in [0.3, 0.4) is 0 Å². The van der Waals surface area contributed by atoms with Gasteiger partial charge in [0.05, 0.1) is 5.69 Å². The molecular weight excluding hydrogens is 438 g/mol. The van der Waals surface area contributed by atoms with Gasteiger partial charge in [-0.3, -0.25) is 14.4 Å². The molecule has 182 valence electrons. The maximum Gasteiger partial charge on any atom is 0.258 e. The molecular formula is C29H33N3O3. The molecule has 1 N–H and O–H groups in total. The van der Waals surface area contributed by atoms with Crippen molar-refractivity contribution in [2.24, 2.45) is 0 Å². The van der Waals surface area contributed by atoms with E-state index in [1.807, 2.05) is 74.5 Å². The number of carbonyl (C=O) groups excluding carboxylic acids is 3. The summed E-state index contributed by atoms with van der Waals surface area (Å²) in [7, 11) is 0. The van der Waals surface area contributed by atoms with Gasteiger partial charge < -0.3 is 15.1 Å². The molecule has 0 aliphatic carbocycles. The first kappa shape index (κ1) is 24.5. The summed E-state index contributed by atoms with van der Waals surface area (Å²) in [6.45, 7) is 7.20. The fourth-order valence-corrected chi connectivity index (χ4v) is 4.68. The molecule has 3 aromatic rings. The molecule has 6 nitrogen and oxygen atoms in total.